The number of nitrogens with zero attached hydrogens (tertiary/aromatic N) is 3. The van der Waals surface area contributed by atoms with Gasteiger partial charge in [0.2, 0.25) is 10.0 Å². The molecule has 0 radical (unpaired) electrons. The molecule has 2 heterocycles. The molecule has 0 amide bonds. The number of sulfonamides is 1. The zero-order valence-electron chi connectivity index (χ0n) is 12.0. The van der Waals surface area contributed by atoms with Crippen LogP contribution in [0.5, 0.6) is 0 Å². The van der Waals surface area contributed by atoms with Gasteiger partial charge in [-0.15, -0.1) is 0 Å². The first-order valence-electron chi connectivity index (χ1n) is 7.04. The molecular weight excluding hydrogens is 278 g/mol. The molecule has 0 spiro atoms. The van der Waals surface area contributed by atoms with Crippen LogP contribution in [-0.4, -0.2) is 48.8 Å². The Morgan fingerprint density at radius 2 is 2.20 bits per heavy atom. The SMILES string of the molecule is CCN1CCCC1CNS(=O)(=O)c1cn(CC)nc1N. The van der Waals surface area contributed by atoms with Crippen LogP contribution >= 0.6 is 0 Å². The van der Waals surface area contributed by atoms with Crippen molar-refractivity contribution in [3.05, 3.63) is 6.20 Å². The summed E-state index contributed by atoms with van der Waals surface area (Å²) in [4.78, 5) is 2.36. The molecule has 0 aromatic carbocycles. The second-order valence-corrected chi connectivity index (χ2v) is 6.75. The van der Waals surface area contributed by atoms with Crippen LogP contribution < -0.4 is 10.5 Å². The van der Waals surface area contributed by atoms with E-state index in [1.54, 1.807) is 0 Å². The summed E-state index contributed by atoms with van der Waals surface area (Å²) in [7, 11) is -3.58. The first-order valence-corrected chi connectivity index (χ1v) is 8.53. The van der Waals surface area contributed by atoms with Gasteiger partial charge in [-0.3, -0.25) is 9.58 Å². The molecule has 1 aliphatic rings. The normalized spacial score (nSPS) is 20.6. The molecule has 3 N–H and O–H groups in total. The highest BCUT2D eigenvalue weighted by atomic mass is 32.2. The predicted octanol–water partition coefficient (Wildman–Crippen LogP) is 0.248. The Morgan fingerprint density at radius 3 is 2.80 bits per heavy atom. The van der Waals surface area contributed by atoms with Gasteiger partial charge in [-0.1, -0.05) is 6.92 Å². The first-order chi connectivity index (χ1) is 9.47. The van der Waals surface area contributed by atoms with E-state index in [0.29, 0.717) is 13.1 Å². The average Bonchev–Trinajstić information content (AvgIpc) is 3.02. The van der Waals surface area contributed by atoms with Crippen molar-refractivity contribution in [1.82, 2.24) is 19.4 Å². The highest BCUT2D eigenvalue weighted by molar-refractivity contribution is 7.89. The average molecular weight is 301 g/mol. The van der Waals surface area contributed by atoms with Crippen LogP contribution in [0.15, 0.2) is 11.1 Å². The Morgan fingerprint density at radius 1 is 1.45 bits per heavy atom. The number of likely N-dealkylation sites (tertiary alicyclic amines) is 1. The van der Waals surface area contributed by atoms with Crippen molar-refractivity contribution in [2.24, 2.45) is 0 Å². The van der Waals surface area contributed by atoms with Crippen molar-refractivity contribution in [1.29, 1.82) is 0 Å². The quantitative estimate of drug-likeness (QED) is 0.785. The van der Waals surface area contributed by atoms with E-state index in [1.807, 2.05) is 6.92 Å². The van der Waals surface area contributed by atoms with Crippen molar-refractivity contribution in [3.8, 4) is 0 Å². The number of aromatic nitrogens is 2. The third-order valence-electron chi connectivity index (χ3n) is 3.78. The van der Waals surface area contributed by atoms with E-state index in [2.05, 4.69) is 21.6 Å². The maximum atomic E-state index is 12.3. The number of nitrogens with two attached hydrogens (primary N) is 1. The number of nitrogens with one attached hydrogen (secondary N) is 1. The van der Waals surface area contributed by atoms with Crippen molar-refractivity contribution in [3.63, 3.8) is 0 Å². The van der Waals surface area contributed by atoms with Gasteiger partial charge in [0.05, 0.1) is 0 Å². The molecule has 1 atom stereocenters. The third kappa shape index (κ3) is 3.13. The summed E-state index contributed by atoms with van der Waals surface area (Å²) in [5.74, 6) is 0.0538. The van der Waals surface area contributed by atoms with Crippen LogP contribution in [0.25, 0.3) is 0 Å². The molecule has 1 aromatic rings. The molecule has 1 unspecified atom stereocenters. The van der Waals surface area contributed by atoms with Crippen molar-refractivity contribution in [2.45, 2.75) is 44.2 Å². The summed E-state index contributed by atoms with van der Waals surface area (Å²) in [5.41, 5.74) is 5.68. The van der Waals surface area contributed by atoms with E-state index < -0.39 is 10.0 Å². The molecule has 7 nitrogen and oxygen atoms in total. The van der Waals surface area contributed by atoms with E-state index in [-0.39, 0.29) is 16.8 Å². The van der Waals surface area contributed by atoms with Crippen LogP contribution in [0.2, 0.25) is 0 Å². The fraction of sp³-hybridized carbons (Fsp3) is 0.750. The Balaban J connectivity index is 2.05. The van der Waals surface area contributed by atoms with Crippen molar-refractivity contribution in [2.75, 3.05) is 25.4 Å². The van der Waals surface area contributed by atoms with Crippen molar-refractivity contribution >= 4 is 15.8 Å². The zero-order valence-corrected chi connectivity index (χ0v) is 12.9. The molecule has 20 heavy (non-hydrogen) atoms. The number of aryl methyl sites for hydroxylation is 1. The largest absolute Gasteiger partial charge is 0.381 e. The van der Waals surface area contributed by atoms with Crippen molar-refractivity contribution < 1.29 is 8.42 Å². The molecule has 1 aromatic heterocycles. The minimum Gasteiger partial charge on any atom is -0.381 e. The summed E-state index contributed by atoms with van der Waals surface area (Å²) >= 11 is 0. The van der Waals surface area contributed by atoms with Crippen LogP contribution in [-0.2, 0) is 16.6 Å². The van der Waals surface area contributed by atoms with Gasteiger partial charge >= 0.3 is 0 Å². The van der Waals surface area contributed by atoms with E-state index in [4.69, 9.17) is 5.73 Å². The van der Waals surface area contributed by atoms with Gasteiger partial charge in [0.15, 0.2) is 5.82 Å². The highest BCUT2D eigenvalue weighted by Crippen LogP contribution is 2.19. The highest BCUT2D eigenvalue weighted by Gasteiger charge is 2.26. The van der Waals surface area contributed by atoms with Gasteiger partial charge in [0, 0.05) is 25.3 Å². The molecule has 114 valence electrons. The molecule has 1 aliphatic heterocycles. The van der Waals surface area contributed by atoms with Crippen LogP contribution in [0, 0.1) is 0 Å². The molecule has 8 heteroatoms. The Hall–Kier alpha value is -1.12. The molecule has 0 aliphatic carbocycles. The van der Waals surface area contributed by atoms with Gasteiger partial charge in [-0.2, -0.15) is 5.10 Å². The van der Waals surface area contributed by atoms with Gasteiger partial charge in [0.1, 0.15) is 4.90 Å². The number of likely N-dealkylation sites (N-methyl/N-ethyl adjacent to an activating group) is 1. The lowest BCUT2D eigenvalue weighted by molar-refractivity contribution is 0.268. The number of nitrogen functional groups attached to an aromatic ring is 1. The summed E-state index contributed by atoms with van der Waals surface area (Å²) in [6.07, 6.45) is 3.63. The maximum Gasteiger partial charge on any atom is 0.245 e. The molecular formula is C12H23N5O2S. The molecule has 0 bridgehead atoms. The van der Waals surface area contributed by atoms with E-state index >= 15 is 0 Å². The molecule has 2 rings (SSSR count). The second-order valence-electron chi connectivity index (χ2n) is 5.01. The fourth-order valence-electron chi connectivity index (χ4n) is 2.61. The Labute approximate surface area is 120 Å². The van der Waals surface area contributed by atoms with Gasteiger partial charge in [0.25, 0.3) is 0 Å². The van der Waals surface area contributed by atoms with Crippen LogP contribution in [0.4, 0.5) is 5.82 Å². The summed E-state index contributed by atoms with van der Waals surface area (Å²) in [6.45, 7) is 6.98. The maximum absolute atomic E-state index is 12.3. The monoisotopic (exact) mass is 301 g/mol. The van der Waals surface area contributed by atoms with Crippen LogP contribution in [0.3, 0.4) is 0 Å². The summed E-state index contributed by atoms with van der Waals surface area (Å²) in [5, 5.41) is 3.97. The van der Waals surface area contributed by atoms with Gasteiger partial charge in [-0.05, 0) is 32.9 Å². The molecule has 1 fully saturated rings. The van der Waals surface area contributed by atoms with E-state index in [9.17, 15) is 8.42 Å². The number of hydrogen-bond acceptors (Lipinski definition) is 5. The topological polar surface area (TPSA) is 93.2 Å². The minimum atomic E-state index is -3.58. The number of rotatable bonds is 6. The lowest BCUT2D eigenvalue weighted by Gasteiger charge is -2.22. The van der Waals surface area contributed by atoms with Gasteiger partial charge < -0.3 is 5.73 Å². The lowest BCUT2D eigenvalue weighted by Crippen LogP contribution is -2.40. The molecule has 0 saturated carbocycles. The summed E-state index contributed by atoms with van der Waals surface area (Å²) < 4.78 is 28.7. The predicted molar refractivity (Wildman–Crippen MR) is 77.8 cm³/mol. The Kier molecular flexibility index (Phi) is 4.66. The first kappa shape index (κ1) is 15.3. The second kappa shape index (κ2) is 6.11. The summed E-state index contributed by atoms with van der Waals surface area (Å²) in [6, 6.07) is 0.275. The minimum absolute atomic E-state index is 0.0538. The number of hydrogen-bond donors (Lipinski definition) is 2. The Bertz CT molecular complexity index is 554. The lowest BCUT2D eigenvalue weighted by atomic mass is 10.2. The van der Waals surface area contributed by atoms with Gasteiger partial charge in [-0.25, -0.2) is 13.1 Å². The molecule has 1 saturated heterocycles. The van der Waals surface area contributed by atoms with Crippen LogP contribution in [0.1, 0.15) is 26.7 Å². The van der Waals surface area contributed by atoms with E-state index in [0.717, 1.165) is 25.9 Å². The third-order valence-corrected chi connectivity index (χ3v) is 5.22. The fourth-order valence-corrected chi connectivity index (χ4v) is 3.76. The standard InChI is InChI=1S/C12H23N5O2S/c1-3-16-7-5-6-10(16)8-14-20(18,19)11-9-17(4-2)15-12(11)13/h9-10,14H,3-8H2,1-2H3,(H2,13,15). The van der Waals surface area contributed by atoms with E-state index in [1.165, 1.54) is 10.9 Å². The zero-order chi connectivity index (χ0) is 14.8. The smallest absolute Gasteiger partial charge is 0.245 e. The number of anilines is 1.